The van der Waals surface area contributed by atoms with E-state index in [1.807, 2.05) is 70.9 Å². The largest absolute Gasteiger partial charge is 0.510 e. The zero-order valence-electron chi connectivity index (χ0n) is 33.8. The number of imidazole rings is 1. The van der Waals surface area contributed by atoms with Gasteiger partial charge in [-0.2, -0.15) is 18.2 Å². The van der Waals surface area contributed by atoms with Crippen LogP contribution in [0.5, 0.6) is 11.5 Å². The summed E-state index contributed by atoms with van der Waals surface area (Å²) in [6.45, 7) is 0. The molecule has 13 rings (SSSR count). The van der Waals surface area contributed by atoms with Crippen molar-refractivity contribution in [1.29, 1.82) is 0 Å². The molecule has 0 N–H and O–H groups in total. The van der Waals surface area contributed by atoms with E-state index in [0.717, 1.165) is 88.6 Å². The van der Waals surface area contributed by atoms with Crippen molar-refractivity contribution in [3.8, 4) is 34.4 Å². The van der Waals surface area contributed by atoms with Gasteiger partial charge < -0.3 is 27.6 Å². The second-order valence-electron chi connectivity index (χ2n) is 15.6. The van der Waals surface area contributed by atoms with Gasteiger partial charge in [0.1, 0.15) is 5.82 Å². The maximum absolute atomic E-state index is 6.71. The Kier molecular flexibility index (Phi) is 8.50. The van der Waals surface area contributed by atoms with Crippen molar-refractivity contribution in [2.24, 2.45) is 7.05 Å². The van der Waals surface area contributed by atoms with Gasteiger partial charge in [0.25, 0.3) is 0 Å². The topological polar surface area (TPSA) is 45.7 Å². The summed E-state index contributed by atoms with van der Waals surface area (Å²) < 4.78 is 17.9. The summed E-state index contributed by atoms with van der Waals surface area (Å²) in [5.74, 6) is 1.94. The number of nitrogens with zero attached hydrogens (tertiary/aromatic N) is 6. The maximum atomic E-state index is 6.71. The van der Waals surface area contributed by atoms with Crippen molar-refractivity contribution < 1.29 is 30.4 Å². The van der Waals surface area contributed by atoms with Crippen LogP contribution < -0.4 is 9.30 Å². The number of pyridine rings is 1. The summed E-state index contributed by atoms with van der Waals surface area (Å²) in [6, 6.07) is 70.8. The van der Waals surface area contributed by atoms with Crippen LogP contribution in [-0.4, -0.2) is 23.3 Å². The van der Waals surface area contributed by atoms with Crippen molar-refractivity contribution >= 4 is 76.5 Å². The fourth-order valence-corrected chi connectivity index (χ4v) is 9.69. The van der Waals surface area contributed by atoms with Crippen molar-refractivity contribution in [3.63, 3.8) is 0 Å². The van der Waals surface area contributed by atoms with E-state index in [4.69, 9.17) is 9.72 Å². The number of benzene rings is 8. The molecule has 0 radical (unpaired) electrons. The van der Waals surface area contributed by atoms with Crippen LogP contribution in [0.15, 0.2) is 188 Å². The number of para-hydroxylation sites is 6. The summed E-state index contributed by atoms with van der Waals surface area (Å²) in [5, 5.41) is 6.81. The number of rotatable bonds is 6. The van der Waals surface area contributed by atoms with Crippen LogP contribution >= 0.6 is 0 Å². The normalized spacial score (nSPS) is 11.8. The number of ether oxygens (including phenoxy) is 1. The number of hydrogen-bond donors (Lipinski definition) is 0. The average Bonchev–Trinajstić information content (AvgIpc) is 4.06. The smallest absolute Gasteiger partial charge is 0.242 e. The van der Waals surface area contributed by atoms with Gasteiger partial charge in [0.15, 0.2) is 0 Å². The van der Waals surface area contributed by atoms with Crippen LogP contribution in [0.1, 0.15) is 0 Å². The maximum Gasteiger partial charge on any atom is 0.242 e. The van der Waals surface area contributed by atoms with E-state index in [-0.39, 0.29) is 21.1 Å². The van der Waals surface area contributed by atoms with Crippen LogP contribution in [0, 0.1) is 18.5 Å². The Morgan fingerprint density at radius 2 is 1.03 bits per heavy atom. The van der Waals surface area contributed by atoms with Crippen LogP contribution in [0.4, 0.5) is 0 Å². The molecule has 0 bridgehead atoms. The van der Waals surface area contributed by atoms with Crippen molar-refractivity contribution in [2.75, 3.05) is 0 Å². The second kappa shape index (κ2) is 14.4. The van der Waals surface area contributed by atoms with Crippen LogP contribution in [0.3, 0.4) is 0 Å². The third kappa shape index (κ3) is 5.49. The molecule has 0 saturated heterocycles. The molecule has 7 nitrogen and oxygen atoms in total. The van der Waals surface area contributed by atoms with Gasteiger partial charge >= 0.3 is 0 Å². The van der Waals surface area contributed by atoms with Gasteiger partial charge in [-0.25, -0.2) is 4.98 Å². The first-order valence-corrected chi connectivity index (χ1v) is 20.7. The third-order valence-corrected chi connectivity index (χ3v) is 12.2. The predicted molar refractivity (Wildman–Crippen MR) is 248 cm³/mol. The number of aromatic nitrogens is 6. The van der Waals surface area contributed by atoms with Gasteiger partial charge in [-0.1, -0.05) is 120 Å². The summed E-state index contributed by atoms with van der Waals surface area (Å²) in [4.78, 5) is 5.04. The molecule has 0 aliphatic rings. The molecule has 5 aromatic heterocycles. The fraction of sp³-hybridized carbons (Fsp3) is 0.0182. The first-order valence-electron chi connectivity index (χ1n) is 20.7. The number of aryl methyl sites for hydroxylation is 1. The first-order chi connectivity index (χ1) is 30.7. The predicted octanol–water partition coefficient (Wildman–Crippen LogP) is 12.3. The van der Waals surface area contributed by atoms with Gasteiger partial charge in [0.2, 0.25) is 6.33 Å². The molecular formula is C55H34N6OPt-2. The molecule has 0 fully saturated rings. The molecule has 0 spiro atoms. The molecule has 0 aliphatic heterocycles. The molecule has 8 aromatic carbocycles. The van der Waals surface area contributed by atoms with Gasteiger partial charge in [-0.05, 0) is 53.9 Å². The van der Waals surface area contributed by atoms with E-state index in [1.54, 1.807) is 0 Å². The summed E-state index contributed by atoms with van der Waals surface area (Å²) in [5.41, 5.74) is 11.5. The van der Waals surface area contributed by atoms with E-state index < -0.39 is 0 Å². The molecule has 0 atom stereocenters. The molecule has 13 aromatic rings. The van der Waals surface area contributed by atoms with Gasteiger partial charge in [0, 0.05) is 71.7 Å². The minimum Gasteiger partial charge on any atom is -0.510 e. The quantitative estimate of drug-likeness (QED) is 0.123. The molecule has 63 heavy (non-hydrogen) atoms. The molecule has 0 saturated carbocycles. The molecule has 302 valence electrons. The van der Waals surface area contributed by atoms with Gasteiger partial charge in [0.05, 0.1) is 45.7 Å². The Morgan fingerprint density at radius 3 is 1.68 bits per heavy atom. The van der Waals surface area contributed by atoms with Gasteiger partial charge in [-0.3, -0.25) is 0 Å². The van der Waals surface area contributed by atoms with Crippen molar-refractivity contribution in [3.05, 3.63) is 207 Å². The Balaban J connectivity index is 0.00000421. The number of fused-ring (bicyclic) bond motifs is 13. The van der Waals surface area contributed by atoms with E-state index in [9.17, 15) is 0 Å². The average molecular weight is 990 g/mol. The Labute approximate surface area is 376 Å². The summed E-state index contributed by atoms with van der Waals surface area (Å²) in [7, 11) is 2.00. The zero-order chi connectivity index (χ0) is 40.9. The molecule has 0 amide bonds. The van der Waals surface area contributed by atoms with E-state index in [0.29, 0.717) is 11.5 Å². The molecule has 0 unspecified atom stereocenters. The van der Waals surface area contributed by atoms with Crippen molar-refractivity contribution in [1.82, 2.24) is 23.3 Å². The van der Waals surface area contributed by atoms with E-state index >= 15 is 0 Å². The van der Waals surface area contributed by atoms with Crippen LogP contribution in [0.25, 0.3) is 99.3 Å². The third-order valence-electron chi connectivity index (χ3n) is 12.2. The van der Waals surface area contributed by atoms with Crippen molar-refractivity contribution in [2.45, 2.75) is 0 Å². The number of hydrogen-bond acceptors (Lipinski definition) is 2. The second-order valence-corrected chi connectivity index (χ2v) is 15.6. The molecule has 0 aliphatic carbocycles. The molecule has 5 heterocycles. The standard InChI is InChI=1S/C55H34N6O.Pt/c1-57-35-58(47-28-13-12-27-46(47)57)38-21-16-22-39(33-38)62-40-30-31-43-48(34-40)61(49-29-14-15-32-56-49)55-51-42-24-9-11-26-45(42)59(36-17-4-2-5-18-36)53(51)50-41-23-8-10-25-44(41)60(54(50)52(43)55)37-19-6-3-7-20-37;/h2-32H,1H3;/q-2;. The van der Waals surface area contributed by atoms with Crippen LogP contribution in [0.2, 0.25) is 0 Å². The zero-order valence-corrected chi connectivity index (χ0v) is 36.1. The summed E-state index contributed by atoms with van der Waals surface area (Å²) >= 11 is 0. The van der Waals surface area contributed by atoms with E-state index in [2.05, 4.69) is 166 Å². The Bertz CT molecular complexity index is 3900. The first kappa shape index (κ1) is 37.1. The molecular weight excluding hydrogens is 956 g/mol. The SMILES string of the molecule is Cn1[c-][n+](-c2[c-]c(Oc3[c-]c4c(cc3)c3c(c5c6ccccc6n(-c6ccccc6)c5c5c6ccccc6n(-c6ccccc6)c35)n4-c3ccccn3)ccc2)c2ccccc21.[Pt]. The monoisotopic (exact) mass is 989 g/mol. The van der Waals surface area contributed by atoms with E-state index in [1.165, 1.54) is 10.8 Å². The fourth-order valence-electron chi connectivity index (χ4n) is 9.69. The molecule has 8 heteroatoms. The van der Waals surface area contributed by atoms with Crippen LogP contribution in [-0.2, 0) is 28.1 Å². The Hall–Kier alpha value is -7.73. The minimum atomic E-state index is 0. The Morgan fingerprint density at radius 1 is 0.476 bits per heavy atom. The minimum absolute atomic E-state index is 0. The van der Waals surface area contributed by atoms with Gasteiger partial charge in [-0.15, -0.1) is 24.3 Å². The summed E-state index contributed by atoms with van der Waals surface area (Å²) in [6.07, 6.45) is 5.29.